The average Bonchev–Trinajstić information content (AvgIpc) is 2.53. The third kappa shape index (κ3) is 3.34. The van der Waals surface area contributed by atoms with E-state index in [1.54, 1.807) is 0 Å². The molecule has 7 nitrogen and oxygen atoms in total. The third-order valence-corrected chi connectivity index (χ3v) is 6.11. The van der Waals surface area contributed by atoms with Gasteiger partial charge in [0.15, 0.2) is 29.6 Å². The number of aromatic nitrogens is 2. The highest BCUT2D eigenvalue weighted by atomic mass is 127. The highest BCUT2D eigenvalue weighted by Gasteiger charge is 2.51. The second-order valence-corrected chi connectivity index (χ2v) is 8.04. The van der Waals surface area contributed by atoms with Gasteiger partial charge in [0.25, 0.3) is 11.8 Å². The zero-order valence-electron chi connectivity index (χ0n) is 13.5. The molecule has 4 bridgehead atoms. The number of halogens is 2. The van der Waals surface area contributed by atoms with Crippen LogP contribution in [-0.2, 0) is 4.79 Å². The van der Waals surface area contributed by atoms with Crippen LogP contribution in [0.4, 0.5) is 4.39 Å². The molecule has 9 heteroatoms. The standard InChI is InChI=1S/C16H19FIN3O4/c17-12-13(19-15(23)20-14(12)25-18)24-7-11(22)21-16-4-8-1-9(5-16)3-10(2-8)6-16/h8-10H,1-7H2,(H,21,22)(H,19,20,23). The molecule has 0 aromatic carbocycles. The van der Waals surface area contributed by atoms with E-state index in [1.165, 1.54) is 42.3 Å². The molecule has 1 heterocycles. The highest BCUT2D eigenvalue weighted by molar-refractivity contribution is 14.1. The van der Waals surface area contributed by atoms with Crippen LogP contribution in [0.25, 0.3) is 0 Å². The zero-order valence-corrected chi connectivity index (χ0v) is 15.7. The van der Waals surface area contributed by atoms with Gasteiger partial charge in [-0.15, -0.1) is 0 Å². The Morgan fingerprint density at radius 2 is 1.88 bits per heavy atom. The number of ether oxygens (including phenoxy) is 1. The van der Waals surface area contributed by atoms with E-state index in [4.69, 9.17) is 4.74 Å². The molecule has 4 saturated carbocycles. The maximum absolute atomic E-state index is 14.0. The molecule has 0 saturated heterocycles. The summed E-state index contributed by atoms with van der Waals surface area (Å²) in [5.74, 6) is -0.0157. The second kappa shape index (κ2) is 6.40. The van der Waals surface area contributed by atoms with Crippen LogP contribution in [0.15, 0.2) is 4.79 Å². The van der Waals surface area contributed by atoms with Crippen LogP contribution in [0.3, 0.4) is 0 Å². The van der Waals surface area contributed by atoms with Crippen LogP contribution in [0.1, 0.15) is 38.5 Å². The van der Waals surface area contributed by atoms with Crippen molar-refractivity contribution in [3.63, 3.8) is 0 Å². The lowest BCUT2D eigenvalue weighted by molar-refractivity contribution is -0.129. The molecule has 1 aromatic rings. The van der Waals surface area contributed by atoms with Crippen LogP contribution in [0, 0.1) is 23.6 Å². The van der Waals surface area contributed by atoms with Crippen molar-refractivity contribution in [2.45, 2.75) is 44.1 Å². The van der Waals surface area contributed by atoms with Crippen molar-refractivity contribution in [2.24, 2.45) is 17.8 Å². The van der Waals surface area contributed by atoms with Gasteiger partial charge in [0.05, 0.1) is 0 Å². The summed E-state index contributed by atoms with van der Waals surface area (Å²) in [6.07, 6.45) is 6.92. The molecule has 136 valence electrons. The molecule has 4 aliphatic carbocycles. The van der Waals surface area contributed by atoms with Gasteiger partial charge >= 0.3 is 5.69 Å². The van der Waals surface area contributed by atoms with Crippen LogP contribution in [-0.4, -0.2) is 28.0 Å². The van der Waals surface area contributed by atoms with Crippen LogP contribution in [0.2, 0.25) is 0 Å². The maximum Gasteiger partial charge on any atom is 0.351 e. The zero-order chi connectivity index (χ0) is 17.6. The minimum absolute atomic E-state index is 0.133. The largest absolute Gasteiger partial charge is 0.465 e. The molecular weight excluding hydrogens is 444 g/mol. The Morgan fingerprint density at radius 1 is 1.28 bits per heavy atom. The van der Waals surface area contributed by atoms with Gasteiger partial charge in [-0.25, -0.2) is 4.79 Å². The number of hydrogen-bond acceptors (Lipinski definition) is 5. The van der Waals surface area contributed by atoms with E-state index in [0.29, 0.717) is 17.8 Å². The summed E-state index contributed by atoms with van der Waals surface area (Å²) in [6.45, 7) is -0.379. The first-order chi connectivity index (χ1) is 12.0. The van der Waals surface area contributed by atoms with E-state index in [9.17, 15) is 14.0 Å². The Bertz CT molecular complexity index is 718. The van der Waals surface area contributed by atoms with Crippen molar-refractivity contribution >= 4 is 28.9 Å². The van der Waals surface area contributed by atoms with E-state index in [-0.39, 0.29) is 23.9 Å². The molecule has 4 fully saturated rings. The first-order valence-electron chi connectivity index (χ1n) is 8.48. The highest BCUT2D eigenvalue weighted by Crippen LogP contribution is 2.55. The van der Waals surface area contributed by atoms with E-state index in [0.717, 1.165) is 19.3 Å². The summed E-state index contributed by atoms with van der Waals surface area (Å²) in [5.41, 5.74) is -0.934. The SMILES string of the molecule is O=C(COc1nc(=O)[nH]c(OI)c1F)NC12CC3CC(CC(C3)C1)C2. The second-order valence-electron chi connectivity index (χ2n) is 7.60. The Kier molecular flexibility index (Phi) is 4.37. The van der Waals surface area contributed by atoms with Gasteiger partial charge in [-0.2, -0.15) is 9.37 Å². The van der Waals surface area contributed by atoms with Gasteiger partial charge in [0.2, 0.25) is 11.7 Å². The van der Waals surface area contributed by atoms with Crippen LogP contribution < -0.4 is 18.8 Å². The smallest absolute Gasteiger partial charge is 0.351 e. The fourth-order valence-electron chi connectivity index (χ4n) is 5.30. The summed E-state index contributed by atoms with van der Waals surface area (Å²) in [4.78, 5) is 29.2. The number of carbonyl (C=O) groups is 1. The van der Waals surface area contributed by atoms with Gasteiger partial charge in [-0.3, -0.25) is 9.78 Å². The first-order valence-corrected chi connectivity index (χ1v) is 9.36. The van der Waals surface area contributed by atoms with Crippen molar-refractivity contribution < 1.29 is 17.0 Å². The Balaban J connectivity index is 1.40. The molecule has 0 unspecified atom stereocenters. The molecule has 1 amide bonds. The number of nitrogens with zero attached hydrogens (tertiary/aromatic N) is 1. The molecule has 0 radical (unpaired) electrons. The fourth-order valence-corrected chi connectivity index (χ4v) is 5.60. The Morgan fingerprint density at radius 3 is 2.44 bits per heavy atom. The number of rotatable bonds is 5. The minimum atomic E-state index is -0.934. The molecule has 4 aliphatic rings. The van der Waals surface area contributed by atoms with Crippen molar-refractivity contribution in [1.29, 1.82) is 0 Å². The summed E-state index contributed by atoms with van der Waals surface area (Å²) in [6, 6.07) is 0. The fraction of sp³-hybridized carbons (Fsp3) is 0.688. The molecule has 1 aromatic heterocycles. The monoisotopic (exact) mass is 463 g/mol. The topological polar surface area (TPSA) is 93.3 Å². The quantitative estimate of drug-likeness (QED) is 0.653. The van der Waals surface area contributed by atoms with Crippen LogP contribution in [0.5, 0.6) is 11.8 Å². The predicted molar refractivity (Wildman–Crippen MR) is 94.0 cm³/mol. The summed E-state index contributed by atoms with van der Waals surface area (Å²) in [5, 5.41) is 3.12. The number of carbonyl (C=O) groups excluding carboxylic acids is 1. The van der Waals surface area contributed by atoms with Crippen molar-refractivity contribution in [3.8, 4) is 11.8 Å². The first kappa shape index (κ1) is 17.0. The summed E-state index contributed by atoms with van der Waals surface area (Å²) < 4.78 is 23.8. The van der Waals surface area contributed by atoms with E-state index in [2.05, 4.69) is 18.4 Å². The van der Waals surface area contributed by atoms with Gasteiger partial charge in [0, 0.05) is 5.54 Å². The third-order valence-electron chi connectivity index (χ3n) is 5.67. The minimum Gasteiger partial charge on any atom is -0.465 e. The lowest BCUT2D eigenvalue weighted by atomic mass is 9.53. The Hall–Kier alpha value is -1.39. The summed E-state index contributed by atoms with van der Waals surface area (Å²) >= 11 is 1.44. The van der Waals surface area contributed by atoms with Crippen LogP contribution >= 0.6 is 23.0 Å². The number of amides is 1. The molecule has 5 rings (SSSR count). The van der Waals surface area contributed by atoms with Crippen molar-refractivity contribution in [3.05, 3.63) is 16.3 Å². The van der Waals surface area contributed by atoms with E-state index in [1.807, 2.05) is 0 Å². The van der Waals surface area contributed by atoms with Gasteiger partial charge in [-0.05, 0) is 56.3 Å². The normalized spacial score (nSPS) is 32.5. The van der Waals surface area contributed by atoms with Crippen molar-refractivity contribution in [1.82, 2.24) is 15.3 Å². The van der Waals surface area contributed by atoms with E-state index < -0.39 is 17.4 Å². The molecular formula is C16H19FIN3O4. The van der Waals surface area contributed by atoms with Gasteiger partial charge < -0.3 is 13.1 Å². The number of nitrogens with one attached hydrogen (secondary N) is 2. The van der Waals surface area contributed by atoms with Crippen molar-refractivity contribution in [2.75, 3.05) is 6.61 Å². The number of H-pyrrole nitrogens is 1. The molecule has 0 aliphatic heterocycles. The molecule has 25 heavy (non-hydrogen) atoms. The van der Waals surface area contributed by atoms with E-state index >= 15 is 0 Å². The molecule has 0 spiro atoms. The maximum atomic E-state index is 14.0. The Labute approximate surface area is 157 Å². The number of aromatic amines is 1. The van der Waals surface area contributed by atoms with Gasteiger partial charge in [0.1, 0.15) is 0 Å². The lowest BCUT2D eigenvalue weighted by Gasteiger charge is -2.56. The predicted octanol–water partition coefficient (Wildman–Crippen LogP) is 2.10. The average molecular weight is 463 g/mol. The lowest BCUT2D eigenvalue weighted by Crippen LogP contribution is -2.60. The molecule has 0 atom stereocenters. The number of hydrogen-bond donors (Lipinski definition) is 2. The summed E-state index contributed by atoms with van der Waals surface area (Å²) in [7, 11) is 0. The molecule has 2 N–H and O–H groups in total. The van der Waals surface area contributed by atoms with Gasteiger partial charge in [-0.1, -0.05) is 0 Å².